The van der Waals surface area contributed by atoms with Crippen LogP contribution in [-0.4, -0.2) is 24.6 Å². The summed E-state index contributed by atoms with van der Waals surface area (Å²) >= 11 is 0. The Bertz CT molecular complexity index is 1000. The first-order valence-corrected chi connectivity index (χ1v) is 8.98. The molecule has 0 aliphatic carbocycles. The fourth-order valence-electron chi connectivity index (χ4n) is 2.77. The van der Waals surface area contributed by atoms with Crippen molar-refractivity contribution in [2.24, 2.45) is 5.10 Å². The second-order valence-corrected chi connectivity index (χ2v) is 6.02. The number of hydrogen-bond acceptors (Lipinski definition) is 4. The topological polar surface area (TPSA) is 79.8 Å². The van der Waals surface area contributed by atoms with E-state index < -0.39 is 11.8 Å². The Kier molecular flexibility index (Phi) is 6.36. The molecule has 2 amide bonds. The van der Waals surface area contributed by atoms with Crippen LogP contribution in [0.3, 0.4) is 0 Å². The number of rotatable bonds is 7. The van der Waals surface area contributed by atoms with Gasteiger partial charge in [-0.1, -0.05) is 48.5 Å². The average molecular weight is 375 g/mol. The summed E-state index contributed by atoms with van der Waals surface area (Å²) in [5.41, 5.74) is 3.81. The van der Waals surface area contributed by atoms with Crippen LogP contribution in [0.2, 0.25) is 0 Å². The SMILES string of the molecule is CCOc1ccc2ccccc2c1C=NNC(=O)CC(=O)Nc1ccccc1. The zero-order valence-corrected chi connectivity index (χ0v) is 15.5. The number of benzene rings is 3. The van der Waals surface area contributed by atoms with E-state index in [2.05, 4.69) is 15.8 Å². The summed E-state index contributed by atoms with van der Waals surface area (Å²) in [6.45, 7) is 2.43. The van der Waals surface area contributed by atoms with Crippen molar-refractivity contribution in [3.63, 3.8) is 0 Å². The first kappa shape index (κ1) is 19.1. The lowest BCUT2D eigenvalue weighted by Gasteiger charge is -2.10. The first-order valence-electron chi connectivity index (χ1n) is 8.98. The minimum absolute atomic E-state index is 0.319. The molecule has 2 N–H and O–H groups in total. The Hall–Kier alpha value is -3.67. The van der Waals surface area contributed by atoms with Gasteiger partial charge in [0.15, 0.2) is 0 Å². The van der Waals surface area contributed by atoms with E-state index in [4.69, 9.17) is 4.74 Å². The van der Waals surface area contributed by atoms with E-state index in [1.807, 2.05) is 49.4 Å². The summed E-state index contributed by atoms with van der Waals surface area (Å²) in [5.74, 6) is -0.219. The molecule has 3 aromatic rings. The van der Waals surface area contributed by atoms with E-state index in [0.29, 0.717) is 18.0 Å². The van der Waals surface area contributed by atoms with Crippen molar-refractivity contribution >= 4 is 34.5 Å². The highest BCUT2D eigenvalue weighted by Gasteiger charge is 2.10. The number of anilines is 1. The van der Waals surface area contributed by atoms with Gasteiger partial charge in [0.1, 0.15) is 12.2 Å². The van der Waals surface area contributed by atoms with Gasteiger partial charge >= 0.3 is 0 Å². The molecule has 28 heavy (non-hydrogen) atoms. The third-order valence-electron chi connectivity index (χ3n) is 3.99. The Labute approximate surface area is 163 Å². The van der Waals surface area contributed by atoms with Crippen LogP contribution in [0.1, 0.15) is 18.9 Å². The molecule has 0 radical (unpaired) electrons. The monoisotopic (exact) mass is 375 g/mol. The fraction of sp³-hybridized carbons (Fsp3) is 0.136. The number of hydrazone groups is 1. The zero-order valence-electron chi connectivity index (χ0n) is 15.5. The van der Waals surface area contributed by atoms with Crippen molar-refractivity contribution in [2.75, 3.05) is 11.9 Å². The van der Waals surface area contributed by atoms with Gasteiger partial charge in [0, 0.05) is 11.3 Å². The number of nitrogens with one attached hydrogen (secondary N) is 2. The number of fused-ring (bicyclic) bond motifs is 1. The van der Waals surface area contributed by atoms with Crippen molar-refractivity contribution in [1.29, 1.82) is 0 Å². The molecule has 0 aliphatic rings. The lowest BCUT2D eigenvalue weighted by Crippen LogP contribution is -2.24. The van der Waals surface area contributed by atoms with Gasteiger partial charge in [-0.3, -0.25) is 9.59 Å². The smallest absolute Gasteiger partial charge is 0.249 e. The van der Waals surface area contributed by atoms with Gasteiger partial charge < -0.3 is 10.1 Å². The third-order valence-corrected chi connectivity index (χ3v) is 3.99. The molecule has 0 heterocycles. The number of ether oxygens (including phenoxy) is 1. The van der Waals surface area contributed by atoms with Gasteiger partial charge in [0.05, 0.1) is 12.8 Å². The van der Waals surface area contributed by atoms with Crippen LogP contribution in [-0.2, 0) is 9.59 Å². The number of para-hydroxylation sites is 1. The molecule has 142 valence electrons. The van der Waals surface area contributed by atoms with E-state index in [9.17, 15) is 9.59 Å². The molecule has 0 spiro atoms. The van der Waals surface area contributed by atoms with Gasteiger partial charge in [-0.25, -0.2) is 5.43 Å². The van der Waals surface area contributed by atoms with Crippen molar-refractivity contribution in [1.82, 2.24) is 5.43 Å². The molecule has 6 nitrogen and oxygen atoms in total. The number of amides is 2. The average Bonchev–Trinajstić information content (AvgIpc) is 2.70. The Morgan fingerprint density at radius 1 is 0.964 bits per heavy atom. The lowest BCUT2D eigenvalue weighted by atomic mass is 10.0. The fourth-order valence-corrected chi connectivity index (χ4v) is 2.77. The molecule has 0 saturated heterocycles. The van der Waals surface area contributed by atoms with E-state index in [1.54, 1.807) is 30.5 Å². The van der Waals surface area contributed by atoms with Gasteiger partial charge in [-0.05, 0) is 35.9 Å². The van der Waals surface area contributed by atoms with Gasteiger partial charge in [-0.15, -0.1) is 0 Å². The highest BCUT2D eigenvalue weighted by Crippen LogP contribution is 2.26. The van der Waals surface area contributed by atoms with Crippen molar-refractivity contribution < 1.29 is 14.3 Å². The van der Waals surface area contributed by atoms with Gasteiger partial charge in [0.2, 0.25) is 11.8 Å². The second-order valence-electron chi connectivity index (χ2n) is 6.02. The molecule has 0 aromatic heterocycles. The van der Waals surface area contributed by atoms with E-state index in [1.165, 1.54) is 0 Å². The molecule has 0 bridgehead atoms. The van der Waals surface area contributed by atoms with Crippen molar-refractivity contribution in [2.45, 2.75) is 13.3 Å². The predicted octanol–water partition coefficient (Wildman–Crippen LogP) is 3.72. The number of nitrogens with zero attached hydrogens (tertiary/aromatic N) is 1. The highest BCUT2D eigenvalue weighted by atomic mass is 16.5. The van der Waals surface area contributed by atoms with Gasteiger partial charge in [-0.2, -0.15) is 5.10 Å². The quantitative estimate of drug-likeness (QED) is 0.375. The molecule has 3 aromatic carbocycles. The normalized spacial score (nSPS) is 10.8. The summed E-state index contributed by atoms with van der Waals surface area (Å²) in [6.07, 6.45) is 1.22. The lowest BCUT2D eigenvalue weighted by molar-refractivity contribution is -0.126. The summed E-state index contributed by atoms with van der Waals surface area (Å²) in [6, 6.07) is 20.7. The Morgan fingerprint density at radius 2 is 1.71 bits per heavy atom. The standard InChI is InChI=1S/C22H21N3O3/c1-2-28-20-13-12-16-8-6-7-11-18(16)19(20)15-23-25-22(27)14-21(26)24-17-9-4-3-5-10-17/h3-13,15H,2,14H2,1H3,(H,24,26)(H,25,27). The summed E-state index contributed by atoms with van der Waals surface area (Å²) in [4.78, 5) is 23.9. The molecule has 0 fully saturated rings. The molecule has 0 atom stereocenters. The molecule has 6 heteroatoms. The zero-order chi connectivity index (χ0) is 19.8. The molecule has 0 aliphatic heterocycles. The van der Waals surface area contributed by atoms with Crippen molar-refractivity contribution in [3.05, 3.63) is 72.3 Å². The number of carbonyl (C=O) groups excluding carboxylic acids is 2. The maximum atomic E-state index is 12.0. The summed E-state index contributed by atoms with van der Waals surface area (Å²) in [5, 5.41) is 8.68. The molecule has 3 rings (SSSR count). The molecular weight excluding hydrogens is 354 g/mol. The van der Waals surface area contributed by atoms with Crippen LogP contribution in [0.25, 0.3) is 10.8 Å². The maximum Gasteiger partial charge on any atom is 0.249 e. The third kappa shape index (κ3) is 4.94. The van der Waals surface area contributed by atoms with E-state index in [-0.39, 0.29) is 6.42 Å². The Balaban J connectivity index is 1.66. The largest absolute Gasteiger partial charge is 0.493 e. The minimum atomic E-state index is -0.497. The minimum Gasteiger partial charge on any atom is -0.493 e. The van der Waals surface area contributed by atoms with Crippen LogP contribution in [0.15, 0.2) is 71.8 Å². The predicted molar refractivity (Wildman–Crippen MR) is 111 cm³/mol. The van der Waals surface area contributed by atoms with Gasteiger partial charge in [0.25, 0.3) is 0 Å². The number of carbonyl (C=O) groups is 2. The molecule has 0 unspecified atom stereocenters. The first-order chi connectivity index (χ1) is 13.7. The molecular formula is C22H21N3O3. The molecule has 0 saturated carbocycles. The van der Waals surface area contributed by atoms with E-state index in [0.717, 1.165) is 16.3 Å². The Morgan fingerprint density at radius 3 is 2.50 bits per heavy atom. The van der Waals surface area contributed by atoms with Crippen molar-refractivity contribution in [3.8, 4) is 5.75 Å². The van der Waals surface area contributed by atoms with Crippen LogP contribution < -0.4 is 15.5 Å². The summed E-state index contributed by atoms with van der Waals surface area (Å²) < 4.78 is 5.67. The highest BCUT2D eigenvalue weighted by molar-refractivity contribution is 6.05. The maximum absolute atomic E-state index is 12.0. The van der Waals surface area contributed by atoms with Crippen LogP contribution >= 0.6 is 0 Å². The number of hydrogen-bond donors (Lipinski definition) is 2. The summed E-state index contributed by atoms with van der Waals surface area (Å²) in [7, 11) is 0. The van der Waals surface area contributed by atoms with Crippen LogP contribution in [0, 0.1) is 0 Å². The van der Waals surface area contributed by atoms with E-state index >= 15 is 0 Å². The van der Waals surface area contributed by atoms with Crippen LogP contribution in [0.5, 0.6) is 5.75 Å². The van der Waals surface area contributed by atoms with Crippen LogP contribution in [0.4, 0.5) is 5.69 Å². The second kappa shape index (κ2) is 9.32.